The van der Waals surface area contributed by atoms with Crippen molar-refractivity contribution in [3.05, 3.63) is 21.4 Å². The predicted octanol–water partition coefficient (Wildman–Crippen LogP) is 2.94. The lowest BCUT2D eigenvalue weighted by Gasteiger charge is -2.13. The van der Waals surface area contributed by atoms with Crippen LogP contribution in [0.15, 0.2) is 6.07 Å². The number of carbonyl (C=O) groups excluding carboxylic acids is 1. The summed E-state index contributed by atoms with van der Waals surface area (Å²) in [5, 5.41) is 2.70. The van der Waals surface area contributed by atoms with Gasteiger partial charge in [-0.1, -0.05) is 13.8 Å². The summed E-state index contributed by atoms with van der Waals surface area (Å²) in [5.74, 6) is 0.275. The molecule has 90 valence electrons. The van der Waals surface area contributed by atoms with Crippen LogP contribution in [0.25, 0.3) is 0 Å². The molecule has 1 rings (SSSR count). The maximum absolute atomic E-state index is 11.7. The minimum Gasteiger partial charge on any atom is -0.350 e. The largest absolute Gasteiger partial charge is 0.350 e. The number of nitrogens with one attached hydrogen (secondary N) is 1. The summed E-state index contributed by atoms with van der Waals surface area (Å²) in [6, 6.07) is 2.13. The first-order valence-electron chi connectivity index (χ1n) is 5.43. The zero-order valence-electron chi connectivity index (χ0n) is 10.2. The van der Waals surface area contributed by atoms with Crippen LogP contribution >= 0.6 is 24.0 Å². The molecule has 1 unspecified atom stereocenters. The average Bonchev–Trinajstić information content (AvgIpc) is 2.53. The van der Waals surface area contributed by atoms with Gasteiger partial charge in [0, 0.05) is 9.75 Å². The van der Waals surface area contributed by atoms with Crippen molar-refractivity contribution in [2.24, 2.45) is 5.92 Å². The van der Waals surface area contributed by atoms with E-state index in [0.29, 0.717) is 6.54 Å². The van der Waals surface area contributed by atoms with Gasteiger partial charge in [-0.15, -0.1) is 11.3 Å². The van der Waals surface area contributed by atoms with Crippen LogP contribution in [-0.4, -0.2) is 11.2 Å². The first-order chi connectivity index (χ1) is 7.41. The maximum atomic E-state index is 11.7. The van der Waals surface area contributed by atoms with Crippen LogP contribution in [0.3, 0.4) is 0 Å². The highest BCUT2D eigenvalue weighted by Gasteiger charge is 2.17. The summed E-state index contributed by atoms with van der Waals surface area (Å²) >= 11 is 6.02. The summed E-state index contributed by atoms with van der Waals surface area (Å²) < 4.78 is 0. The molecule has 1 N–H and O–H groups in total. The fourth-order valence-electron chi connectivity index (χ4n) is 1.32. The van der Waals surface area contributed by atoms with Crippen molar-refractivity contribution in [2.45, 2.75) is 39.5 Å². The van der Waals surface area contributed by atoms with Crippen molar-refractivity contribution in [1.29, 1.82) is 0 Å². The fraction of sp³-hybridized carbons (Fsp3) is 0.583. The van der Waals surface area contributed by atoms with Crippen molar-refractivity contribution in [3.63, 3.8) is 0 Å². The number of aryl methyl sites for hydroxylation is 2. The minimum absolute atomic E-state index is 0.0158. The van der Waals surface area contributed by atoms with E-state index in [4.69, 9.17) is 0 Å². The molecular weight excluding hydrogens is 238 g/mol. The molecular formula is C12H19NOS2. The molecule has 16 heavy (non-hydrogen) atoms. The zero-order valence-corrected chi connectivity index (χ0v) is 11.9. The predicted molar refractivity (Wildman–Crippen MR) is 73.3 cm³/mol. The van der Waals surface area contributed by atoms with Crippen LogP contribution < -0.4 is 5.32 Å². The van der Waals surface area contributed by atoms with Crippen LogP contribution in [0.2, 0.25) is 0 Å². The lowest BCUT2D eigenvalue weighted by molar-refractivity contribution is -0.121. The van der Waals surface area contributed by atoms with Crippen molar-refractivity contribution in [2.75, 3.05) is 0 Å². The van der Waals surface area contributed by atoms with Crippen molar-refractivity contribution in [1.82, 2.24) is 5.32 Å². The number of hydrogen-bond donors (Lipinski definition) is 2. The van der Waals surface area contributed by atoms with Gasteiger partial charge in [-0.2, -0.15) is 12.6 Å². The Bertz CT molecular complexity index is 352. The molecule has 0 aliphatic rings. The average molecular weight is 257 g/mol. The molecule has 0 spiro atoms. The highest BCUT2D eigenvalue weighted by atomic mass is 32.1. The van der Waals surface area contributed by atoms with Gasteiger partial charge in [0.05, 0.1) is 11.8 Å². The molecule has 1 heterocycles. The van der Waals surface area contributed by atoms with Gasteiger partial charge in [0.1, 0.15) is 0 Å². The second-order valence-electron chi connectivity index (χ2n) is 4.36. The topological polar surface area (TPSA) is 29.1 Å². The van der Waals surface area contributed by atoms with Crippen LogP contribution in [0.5, 0.6) is 0 Å². The van der Waals surface area contributed by atoms with Crippen LogP contribution in [0.1, 0.15) is 29.2 Å². The molecule has 0 saturated carbocycles. The third kappa shape index (κ3) is 3.52. The highest BCUT2D eigenvalue weighted by Crippen LogP contribution is 2.20. The Morgan fingerprint density at radius 3 is 2.56 bits per heavy atom. The summed E-state index contributed by atoms with van der Waals surface area (Å²) in [6.07, 6.45) is 0. The second kappa shape index (κ2) is 5.73. The van der Waals surface area contributed by atoms with Crippen molar-refractivity contribution in [3.8, 4) is 0 Å². The quantitative estimate of drug-likeness (QED) is 0.798. The van der Waals surface area contributed by atoms with Crippen molar-refractivity contribution < 1.29 is 4.79 Å². The second-order valence-corrected chi connectivity index (χ2v) is 6.26. The molecule has 0 radical (unpaired) electrons. The lowest BCUT2D eigenvalue weighted by atomic mass is 10.1. The molecule has 1 amide bonds. The van der Waals surface area contributed by atoms with E-state index in [1.165, 1.54) is 15.3 Å². The van der Waals surface area contributed by atoms with E-state index in [9.17, 15) is 4.79 Å². The first-order valence-corrected chi connectivity index (χ1v) is 6.76. The molecule has 1 aromatic heterocycles. The summed E-state index contributed by atoms with van der Waals surface area (Å²) in [6.45, 7) is 8.79. The van der Waals surface area contributed by atoms with Gasteiger partial charge in [-0.25, -0.2) is 0 Å². The Balaban J connectivity index is 2.49. The Hall–Kier alpha value is -0.480. The van der Waals surface area contributed by atoms with E-state index in [1.54, 1.807) is 11.3 Å². The molecule has 0 aliphatic carbocycles. The molecule has 4 heteroatoms. The molecule has 1 aromatic rings. The molecule has 1 atom stereocenters. The Morgan fingerprint density at radius 1 is 1.50 bits per heavy atom. The number of thiophene rings is 1. The van der Waals surface area contributed by atoms with E-state index >= 15 is 0 Å². The monoisotopic (exact) mass is 257 g/mol. The normalized spacial score (nSPS) is 12.9. The van der Waals surface area contributed by atoms with Gasteiger partial charge >= 0.3 is 0 Å². The van der Waals surface area contributed by atoms with Gasteiger partial charge in [-0.3, -0.25) is 4.79 Å². The number of rotatable bonds is 4. The van der Waals surface area contributed by atoms with Gasteiger partial charge < -0.3 is 5.32 Å². The molecule has 0 bridgehead atoms. The molecule has 0 fully saturated rings. The highest BCUT2D eigenvalue weighted by molar-refractivity contribution is 7.81. The number of thiol groups is 1. The van der Waals surface area contributed by atoms with E-state index in [-0.39, 0.29) is 17.1 Å². The summed E-state index contributed by atoms with van der Waals surface area (Å²) in [4.78, 5) is 14.2. The van der Waals surface area contributed by atoms with Gasteiger partial charge in [-0.05, 0) is 31.4 Å². The Morgan fingerprint density at radius 2 is 2.12 bits per heavy atom. The smallest absolute Gasteiger partial charge is 0.233 e. The van der Waals surface area contributed by atoms with Crippen LogP contribution in [-0.2, 0) is 11.3 Å². The van der Waals surface area contributed by atoms with Crippen molar-refractivity contribution >= 4 is 29.9 Å². The van der Waals surface area contributed by atoms with Gasteiger partial charge in [0.25, 0.3) is 0 Å². The summed E-state index contributed by atoms with van der Waals surface area (Å²) in [5.41, 5.74) is 1.29. The number of carbonyl (C=O) groups is 1. The van der Waals surface area contributed by atoms with E-state index in [2.05, 4.69) is 37.9 Å². The third-order valence-electron chi connectivity index (χ3n) is 2.55. The molecule has 2 nitrogen and oxygen atoms in total. The van der Waals surface area contributed by atoms with Crippen LogP contribution in [0.4, 0.5) is 0 Å². The Labute approximate surface area is 107 Å². The maximum Gasteiger partial charge on any atom is 0.233 e. The van der Waals surface area contributed by atoms with Crippen LogP contribution in [0, 0.1) is 19.8 Å². The number of amides is 1. The van der Waals surface area contributed by atoms with E-state index in [0.717, 1.165) is 0 Å². The molecule has 0 aliphatic heterocycles. The Kier molecular flexibility index (Phi) is 4.87. The third-order valence-corrected chi connectivity index (χ3v) is 4.54. The fourth-order valence-corrected chi connectivity index (χ4v) is 2.40. The van der Waals surface area contributed by atoms with E-state index in [1.807, 2.05) is 13.8 Å². The zero-order chi connectivity index (χ0) is 12.3. The van der Waals surface area contributed by atoms with Gasteiger partial charge in [0.2, 0.25) is 5.91 Å². The number of hydrogen-bond acceptors (Lipinski definition) is 3. The molecule has 0 saturated heterocycles. The van der Waals surface area contributed by atoms with E-state index < -0.39 is 0 Å². The standard InChI is InChI=1S/C12H19NOS2/c1-7(2)11(15)12(14)13-6-10-5-8(3)9(4)16-10/h5,7,11,15H,6H2,1-4H3,(H,13,14). The minimum atomic E-state index is -0.220. The van der Waals surface area contributed by atoms with Gasteiger partial charge in [0.15, 0.2) is 0 Å². The summed E-state index contributed by atoms with van der Waals surface area (Å²) in [7, 11) is 0. The SMILES string of the molecule is Cc1cc(CNC(=O)C(S)C(C)C)sc1C. The molecule has 0 aromatic carbocycles. The first kappa shape index (κ1) is 13.6. The lowest BCUT2D eigenvalue weighted by Crippen LogP contribution is -2.33.